The first-order valence-electron chi connectivity index (χ1n) is 8.43. The fraction of sp³-hybridized carbons (Fsp3) is 0.933. The molecule has 120 valence electrons. The van der Waals surface area contributed by atoms with E-state index < -0.39 is 13.1 Å². The van der Waals surface area contributed by atoms with Gasteiger partial charge in [0.25, 0.3) is 0 Å². The zero-order valence-electron chi connectivity index (χ0n) is 13.3. The molecule has 1 saturated carbocycles. The number of carbonyl (C=O) groups excluding carboxylic acids is 1. The first kappa shape index (κ1) is 16.8. The smallest absolute Gasteiger partial charge is 0.426 e. The van der Waals surface area contributed by atoms with Crippen LogP contribution in [0.1, 0.15) is 58.8 Å². The minimum Gasteiger partial charge on any atom is -0.426 e. The van der Waals surface area contributed by atoms with Gasteiger partial charge in [-0.25, -0.2) is 0 Å². The molecule has 1 amide bonds. The van der Waals surface area contributed by atoms with Crippen molar-refractivity contribution in [2.75, 3.05) is 6.54 Å². The summed E-state index contributed by atoms with van der Waals surface area (Å²) in [6.45, 7) is 4.74. The van der Waals surface area contributed by atoms with Crippen LogP contribution in [-0.2, 0) is 4.79 Å². The van der Waals surface area contributed by atoms with Crippen molar-refractivity contribution in [3.63, 3.8) is 0 Å². The molecular weight excluding hydrogens is 267 g/mol. The van der Waals surface area contributed by atoms with Gasteiger partial charge < -0.3 is 20.3 Å². The number of likely N-dealkylation sites (tertiary alicyclic amines) is 1. The maximum Gasteiger partial charge on any atom is 0.475 e. The Bertz CT molecular complexity index is 346. The van der Waals surface area contributed by atoms with Crippen LogP contribution in [-0.4, -0.2) is 52.5 Å². The number of hydrogen-bond donors (Lipinski definition) is 3. The molecule has 0 radical (unpaired) electrons. The van der Waals surface area contributed by atoms with E-state index in [9.17, 15) is 14.8 Å². The number of hydrogen-bond acceptors (Lipinski definition) is 4. The number of rotatable bonds is 5. The maximum atomic E-state index is 12.8. The first-order chi connectivity index (χ1) is 10.0. The molecule has 0 bridgehead atoms. The van der Waals surface area contributed by atoms with Gasteiger partial charge in [0.1, 0.15) is 0 Å². The molecule has 5 nitrogen and oxygen atoms in total. The zero-order valence-corrected chi connectivity index (χ0v) is 13.3. The molecular formula is C15H29BN2O3. The lowest BCUT2D eigenvalue weighted by molar-refractivity contribution is -0.135. The van der Waals surface area contributed by atoms with Crippen LogP contribution in [0.4, 0.5) is 0 Å². The van der Waals surface area contributed by atoms with Gasteiger partial charge in [-0.2, -0.15) is 0 Å². The van der Waals surface area contributed by atoms with Crippen LogP contribution in [0.5, 0.6) is 0 Å². The standard InChI is InChI=1S/C15H29BN2O3/c1-11(2)14(17-12-7-4-3-5-8-12)15(19)18-10-6-9-13(18)16(20)21/h11-14,17,20-21H,3-10H2,1-2H3/t13-,14+/m0/s1. The molecule has 21 heavy (non-hydrogen) atoms. The number of carbonyl (C=O) groups is 1. The molecule has 0 spiro atoms. The first-order valence-corrected chi connectivity index (χ1v) is 8.43. The quantitative estimate of drug-likeness (QED) is 0.660. The summed E-state index contributed by atoms with van der Waals surface area (Å²) in [6, 6.07) is 0.211. The summed E-state index contributed by atoms with van der Waals surface area (Å²) in [6.07, 6.45) is 7.57. The van der Waals surface area contributed by atoms with Crippen molar-refractivity contribution >= 4 is 13.0 Å². The summed E-state index contributed by atoms with van der Waals surface area (Å²) in [4.78, 5) is 14.5. The third kappa shape index (κ3) is 4.21. The van der Waals surface area contributed by atoms with Gasteiger partial charge in [0.15, 0.2) is 0 Å². The van der Waals surface area contributed by atoms with Gasteiger partial charge >= 0.3 is 7.12 Å². The van der Waals surface area contributed by atoms with Crippen LogP contribution in [0.15, 0.2) is 0 Å². The Kier molecular flexibility index (Phi) is 6.08. The van der Waals surface area contributed by atoms with Crippen LogP contribution >= 0.6 is 0 Å². The van der Waals surface area contributed by atoms with Crippen LogP contribution < -0.4 is 5.32 Å². The Morgan fingerprint density at radius 2 is 1.81 bits per heavy atom. The van der Waals surface area contributed by atoms with E-state index >= 15 is 0 Å². The van der Waals surface area contributed by atoms with Crippen molar-refractivity contribution in [1.82, 2.24) is 10.2 Å². The van der Waals surface area contributed by atoms with Crippen LogP contribution in [0, 0.1) is 5.92 Å². The number of amides is 1. The average molecular weight is 296 g/mol. The maximum absolute atomic E-state index is 12.8. The predicted molar refractivity (Wildman–Crippen MR) is 83.6 cm³/mol. The SMILES string of the molecule is CC(C)[C@@H](NC1CCCCC1)C(=O)N1CCC[C@H]1B(O)O. The average Bonchev–Trinajstić information content (AvgIpc) is 2.94. The van der Waals surface area contributed by atoms with Crippen molar-refractivity contribution in [1.29, 1.82) is 0 Å². The van der Waals surface area contributed by atoms with E-state index in [1.807, 2.05) is 0 Å². The highest BCUT2D eigenvalue weighted by Gasteiger charge is 2.40. The summed E-state index contributed by atoms with van der Waals surface area (Å²) in [5.41, 5.74) is 0. The lowest BCUT2D eigenvalue weighted by atomic mass is 9.77. The second-order valence-electron chi connectivity index (χ2n) is 6.88. The molecule has 1 heterocycles. The highest BCUT2D eigenvalue weighted by molar-refractivity contribution is 6.43. The largest absolute Gasteiger partial charge is 0.475 e. The van der Waals surface area contributed by atoms with E-state index in [4.69, 9.17) is 0 Å². The predicted octanol–water partition coefficient (Wildman–Crippen LogP) is 0.936. The van der Waals surface area contributed by atoms with Crippen molar-refractivity contribution in [2.45, 2.75) is 76.8 Å². The highest BCUT2D eigenvalue weighted by atomic mass is 16.4. The molecule has 0 aromatic carbocycles. The highest BCUT2D eigenvalue weighted by Crippen LogP contribution is 2.23. The summed E-state index contributed by atoms with van der Waals surface area (Å²) in [5, 5.41) is 22.4. The van der Waals surface area contributed by atoms with Crippen LogP contribution in [0.25, 0.3) is 0 Å². The Morgan fingerprint density at radius 3 is 2.38 bits per heavy atom. The van der Waals surface area contributed by atoms with E-state index in [-0.39, 0.29) is 17.9 Å². The van der Waals surface area contributed by atoms with E-state index in [0.717, 1.165) is 19.3 Å². The van der Waals surface area contributed by atoms with Crippen molar-refractivity contribution in [2.24, 2.45) is 5.92 Å². The van der Waals surface area contributed by atoms with Gasteiger partial charge in [-0.15, -0.1) is 0 Å². The van der Waals surface area contributed by atoms with Gasteiger partial charge in [0.2, 0.25) is 5.91 Å². The molecule has 0 unspecified atom stereocenters. The lowest BCUT2D eigenvalue weighted by Crippen LogP contribution is -2.56. The molecule has 2 rings (SSSR count). The van der Waals surface area contributed by atoms with E-state index in [1.165, 1.54) is 19.3 Å². The fourth-order valence-corrected chi connectivity index (χ4v) is 3.63. The molecule has 2 fully saturated rings. The van der Waals surface area contributed by atoms with E-state index in [2.05, 4.69) is 19.2 Å². The third-order valence-corrected chi connectivity index (χ3v) is 4.88. The summed E-state index contributed by atoms with van der Waals surface area (Å²) in [7, 11) is -1.43. The van der Waals surface area contributed by atoms with E-state index in [0.29, 0.717) is 19.0 Å². The van der Waals surface area contributed by atoms with Gasteiger partial charge in [-0.05, 0) is 31.6 Å². The zero-order chi connectivity index (χ0) is 15.4. The molecule has 2 aliphatic rings. The molecule has 3 N–H and O–H groups in total. The van der Waals surface area contributed by atoms with Crippen molar-refractivity contribution in [3.05, 3.63) is 0 Å². The third-order valence-electron chi connectivity index (χ3n) is 4.88. The number of nitrogens with one attached hydrogen (secondary N) is 1. The number of nitrogens with zero attached hydrogens (tertiary/aromatic N) is 1. The van der Waals surface area contributed by atoms with Gasteiger partial charge in [-0.3, -0.25) is 4.79 Å². The molecule has 1 saturated heterocycles. The minimum atomic E-state index is -1.43. The summed E-state index contributed by atoms with van der Waals surface area (Å²) < 4.78 is 0. The molecule has 0 aromatic rings. The molecule has 1 aliphatic heterocycles. The second kappa shape index (κ2) is 7.61. The van der Waals surface area contributed by atoms with Crippen LogP contribution in [0.3, 0.4) is 0 Å². The molecule has 1 aliphatic carbocycles. The van der Waals surface area contributed by atoms with Gasteiger partial charge in [-0.1, -0.05) is 33.1 Å². The fourth-order valence-electron chi connectivity index (χ4n) is 3.63. The molecule has 0 aromatic heterocycles. The monoisotopic (exact) mass is 296 g/mol. The molecule has 2 atom stereocenters. The van der Waals surface area contributed by atoms with Crippen molar-refractivity contribution in [3.8, 4) is 0 Å². The summed E-state index contributed by atoms with van der Waals surface area (Å²) in [5.74, 6) is -0.199. The Hall–Kier alpha value is -0.585. The summed E-state index contributed by atoms with van der Waals surface area (Å²) >= 11 is 0. The van der Waals surface area contributed by atoms with Crippen LogP contribution in [0.2, 0.25) is 0 Å². The normalized spacial score (nSPS) is 25.4. The topological polar surface area (TPSA) is 72.8 Å². The van der Waals surface area contributed by atoms with Gasteiger partial charge in [0, 0.05) is 12.6 Å². The van der Waals surface area contributed by atoms with E-state index in [1.54, 1.807) is 4.90 Å². The second-order valence-corrected chi connectivity index (χ2v) is 6.88. The Balaban J connectivity index is 2.01. The minimum absolute atomic E-state index is 0.0335. The Labute approximate surface area is 128 Å². The lowest BCUT2D eigenvalue weighted by Gasteiger charge is -2.34. The molecule has 6 heteroatoms. The van der Waals surface area contributed by atoms with Gasteiger partial charge in [0.05, 0.1) is 12.0 Å². The van der Waals surface area contributed by atoms with Crippen molar-refractivity contribution < 1.29 is 14.8 Å². The Morgan fingerprint density at radius 1 is 1.14 bits per heavy atom.